The lowest BCUT2D eigenvalue weighted by atomic mass is 10.0. The molecule has 1 atom stereocenters. The highest BCUT2D eigenvalue weighted by Crippen LogP contribution is 2.38. The van der Waals surface area contributed by atoms with Gasteiger partial charge in [-0.15, -0.1) is 0 Å². The molecule has 0 saturated heterocycles. The normalized spacial score (nSPS) is 16.8. The fourth-order valence-electron chi connectivity index (χ4n) is 3.51. The van der Waals surface area contributed by atoms with Gasteiger partial charge in [-0.05, 0) is 55.3 Å². The fraction of sp³-hybridized carbons (Fsp3) is 0.227. The summed E-state index contributed by atoms with van der Waals surface area (Å²) in [7, 11) is -7.31. The summed E-state index contributed by atoms with van der Waals surface area (Å²) in [4.78, 5) is 0.186. The third-order valence-electron chi connectivity index (χ3n) is 5.23. The van der Waals surface area contributed by atoms with Crippen LogP contribution in [0.25, 0.3) is 0 Å². The molecule has 0 aliphatic carbocycles. The maximum absolute atomic E-state index is 13.5. The topological polar surface area (TPSA) is 109 Å². The van der Waals surface area contributed by atoms with Crippen LogP contribution in [0.1, 0.15) is 36.3 Å². The van der Waals surface area contributed by atoms with Gasteiger partial charge in [0.15, 0.2) is 0 Å². The molecule has 0 spiro atoms. The minimum atomic E-state index is -3.93. The summed E-state index contributed by atoms with van der Waals surface area (Å²) in [5.74, 6) is 0.464. The van der Waals surface area contributed by atoms with Crippen LogP contribution in [0.5, 0.6) is 0 Å². The van der Waals surface area contributed by atoms with Crippen molar-refractivity contribution >= 4 is 31.4 Å². The van der Waals surface area contributed by atoms with Crippen molar-refractivity contribution in [2.45, 2.75) is 31.2 Å². The molecule has 1 N–H and O–H groups in total. The van der Waals surface area contributed by atoms with Gasteiger partial charge in [-0.1, -0.05) is 30.3 Å². The number of anilines is 1. The van der Waals surface area contributed by atoms with Crippen LogP contribution in [0.4, 0.5) is 5.69 Å². The van der Waals surface area contributed by atoms with Crippen molar-refractivity contribution in [3.63, 3.8) is 0 Å². The highest BCUT2D eigenvalue weighted by molar-refractivity contribution is 7.92. The average Bonchev–Trinajstić information content (AvgIpc) is 3.44. The van der Waals surface area contributed by atoms with E-state index in [1.165, 1.54) is 6.26 Å². The number of rotatable bonds is 7. The highest BCUT2D eigenvalue weighted by Gasteiger charge is 2.39. The van der Waals surface area contributed by atoms with E-state index < -0.39 is 26.1 Å². The van der Waals surface area contributed by atoms with E-state index in [0.29, 0.717) is 34.7 Å². The van der Waals surface area contributed by atoms with Gasteiger partial charge in [0.05, 0.1) is 22.6 Å². The molecule has 4 rings (SSSR count). The van der Waals surface area contributed by atoms with E-state index in [-0.39, 0.29) is 10.6 Å². The van der Waals surface area contributed by atoms with Crippen molar-refractivity contribution in [3.8, 4) is 0 Å². The summed E-state index contributed by atoms with van der Waals surface area (Å²) >= 11 is 0. The Hall–Kier alpha value is -3.11. The van der Waals surface area contributed by atoms with E-state index >= 15 is 0 Å². The maximum atomic E-state index is 13.5. The quantitative estimate of drug-likeness (QED) is 0.560. The third-order valence-corrected chi connectivity index (χ3v) is 8.38. The molecule has 1 aliphatic heterocycles. The Morgan fingerprint density at radius 2 is 1.75 bits per heavy atom. The molecule has 168 valence electrons. The van der Waals surface area contributed by atoms with Crippen LogP contribution in [0.15, 0.2) is 81.3 Å². The zero-order chi connectivity index (χ0) is 22.9. The van der Waals surface area contributed by atoms with E-state index in [1.807, 2.05) is 0 Å². The molecule has 8 nitrogen and oxygen atoms in total. The maximum Gasteiger partial charge on any atom is 0.279 e. The Balaban J connectivity index is 1.71. The first-order valence-corrected chi connectivity index (χ1v) is 13.1. The number of furan rings is 1. The summed E-state index contributed by atoms with van der Waals surface area (Å²) in [6, 6.07) is 16.3. The Bertz CT molecular complexity index is 1350. The number of nitrogens with zero attached hydrogens (tertiary/aromatic N) is 2. The van der Waals surface area contributed by atoms with Crippen molar-refractivity contribution in [3.05, 3.63) is 83.8 Å². The van der Waals surface area contributed by atoms with Crippen LogP contribution >= 0.6 is 0 Å². The van der Waals surface area contributed by atoms with Gasteiger partial charge in [-0.25, -0.2) is 8.42 Å². The SMILES string of the molecule is CCS(=O)(=O)Nc1ccc(C2=NN(S(=O)(=O)c3ccccc3C)[C@@H](c3ccco3)C2)cc1. The first-order chi connectivity index (χ1) is 15.2. The van der Waals surface area contributed by atoms with Crippen molar-refractivity contribution in [2.24, 2.45) is 5.10 Å². The Morgan fingerprint density at radius 3 is 2.38 bits per heavy atom. The zero-order valence-electron chi connectivity index (χ0n) is 17.6. The number of nitrogens with one attached hydrogen (secondary N) is 1. The largest absolute Gasteiger partial charge is 0.467 e. The fourth-order valence-corrected chi connectivity index (χ4v) is 5.79. The lowest BCUT2D eigenvalue weighted by Crippen LogP contribution is -2.27. The predicted octanol–water partition coefficient (Wildman–Crippen LogP) is 3.89. The molecule has 0 radical (unpaired) electrons. The molecule has 0 fully saturated rings. The van der Waals surface area contributed by atoms with E-state index in [9.17, 15) is 16.8 Å². The van der Waals surface area contributed by atoms with E-state index in [4.69, 9.17) is 4.42 Å². The van der Waals surface area contributed by atoms with Gasteiger partial charge in [-0.2, -0.15) is 17.9 Å². The summed E-state index contributed by atoms with van der Waals surface area (Å²) in [5, 5.41) is 4.47. The minimum Gasteiger partial charge on any atom is -0.467 e. The van der Waals surface area contributed by atoms with Gasteiger partial charge in [-0.3, -0.25) is 4.72 Å². The van der Waals surface area contributed by atoms with Crippen molar-refractivity contribution in [2.75, 3.05) is 10.5 Å². The summed E-state index contributed by atoms with van der Waals surface area (Å²) < 4.78 is 59.6. The second kappa shape index (κ2) is 8.44. The van der Waals surface area contributed by atoms with Crippen molar-refractivity contribution in [1.82, 2.24) is 4.41 Å². The van der Waals surface area contributed by atoms with E-state index in [0.717, 1.165) is 4.41 Å². The van der Waals surface area contributed by atoms with E-state index in [1.54, 1.807) is 74.5 Å². The molecule has 1 aromatic heterocycles. The zero-order valence-corrected chi connectivity index (χ0v) is 19.2. The molecule has 1 aliphatic rings. The summed E-state index contributed by atoms with van der Waals surface area (Å²) in [5.41, 5.74) is 2.32. The minimum absolute atomic E-state index is 0.0298. The summed E-state index contributed by atoms with van der Waals surface area (Å²) in [6.07, 6.45) is 1.82. The van der Waals surface area contributed by atoms with Crippen LogP contribution in [0.3, 0.4) is 0 Å². The lowest BCUT2D eigenvalue weighted by Gasteiger charge is -2.22. The van der Waals surface area contributed by atoms with Crippen molar-refractivity contribution in [1.29, 1.82) is 0 Å². The first kappa shape index (κ1) is 22.1. The third kappa shape index (κ3) is 4.28. The molecule has 0 saturated carbocycles. The molecule has 0 bridgehead atoms. The molecule has 0 unspecified atom stereocenters. The monoisotopic (exact) mass is 473 g/mol. The van der Waals surface area contributed by atoms with Gasteiger partial charge >= 0.3 is 0 Å². The van der Waals surface area contributed by atoms with Gasteiger partial charge in [0.1, 0.15) is 11.8 Å². The van der Waals surface area contributed by atoms with Crippen LogP contribution in [0.2, 0.25) is 0 Å². The Kier molecular flexibility index (Phi) is 5.83. The van der Waals surface area contributed by atoms with Crippen molar-refractivity contribution < 1.29 is 21.3 Å². The lowest BCUT2D eigenvalue weighted by molar-refractivity contribution is 0.320. The van der Waals surface area contributed by atoms with Gasteiger partial charge in [0, 0.05) is 12.1 Å². The van der Waals surface area contributed by atoms with Gasteiger partial charge in [0.2, 0.25) is 10.0 Å². The van der Waals surface area contributed by atoms with Crippen LogP contribution < -0.4 is 4.72 Å². The van der Waals surface area contributed by atoms with Crippen LogP contribution in [0, 0.1) is 6.92 Å². The molecular formula is C22H23N3O5S2. The molecular weight excluding hydrogens is 450 g/mol. The second-order valence-corrected chi connectivity index (χ2v) is 11.2. The highest BCUT2D eigenvalue weighted by atomic mass is 32.2. The standard InChI is InChI=1S/C22H23N3O5S2/c1-3-31(26,27)24-18-12-10-17(11-13-18)19-15-20(21-8-6-14-30-21)25(23-19)32(28,29)22-9-5-4-7-16(22)2/h4-14,20,24H,3,15H2,1-2H3/t20-/m1/s1. The number of hydrogen-bond donors (Lipinski definition) is 1. The smallest absolute Gasteiger partial charge is 0.279 e. The molecule has 3 aromatic rings. The Labute approximate surface area is 187 Å². The predicted molar refractivity (Wildman–Crippen MR) is 122 cm³/mol. The molecule has 2 heterocycles. The molecule has 0 amide bonds. The average molecular weight is 474 g/mol. The van der Waals surface area contributed by atoms with Crippen LogP contribution in [-0.4, -0.2) is 32.7 Å². The second-order valence-electron chi connectivity index (χ2n) is 7.41. The van der Waals surface area contributed by atoms with Crippen LogP contribution in [-0.2, 0) is 20.0 Å². The first-order valence-electron chi connectivity index (χ1n) is 10.0. The number of hydrazone groups is 1. The number of hydrogen-bond acceptors (Lipinski definition) is 6. The van der Waals surface area contributed by atoms with Gasteiger partial charge < -0.3 is 4.42 Å². The number of aryl methyl sites for hydroxylation is 1. The molecule has 10 heteroatoms. The van der Waals surface area contributed by atoms with E-state index in [2.05, 4.69) is 9.82 Å². The summed E-state index contributed by atoms with van der Waals surface area (Å²) in [6.45, 7) is 3.30. The number of benzene rings is 2. The van der Waals surface area contributed by atoms with Gasteiger partial charge in [0.25, 0.3) is 10.0 Å². The Morgan fingerprint density at radius 1 is 1.03 bits per heavy atom. The molecule has 2 aromatic carbocycles. The number of sulfonamides is 2. The molecule has 32 heavy (non-hydrogen) atoms.